The van der Waals surface area contributed by atoms with E-state index in [0.717, 1.165) is 11.3 Å². The third-order valence-electron chi connectivity index (χ3n) is 3.40. The Labute approximate surface area is 122 Å². The second kappa shape index (κ2) is 5.64. The molecule has 0 amide bonds. The van der Waals surface area contributed by atoms with Crippen LogP contribution in [-0.2, 0) is 6.54 Å². The first kappa shape index (κ1) is 13.1. The molecule has 21 heavy (non-hydrogen) atoms. The SMILES string of the molecule is N#Cc1cc(NCc2ccc3ccccc3c2)ccc1F. The monoisotopic (exact) mass is 276 g/mol. The molecule has 0 heterocycles. The topological polar surface area (TPSA) is 35.8 Å². The summed E-state index contributed by atoms with van der Waals surface area (Å²) in [6.07, 6.45) is 0. The molecule has 0 saturated heterocycles. The maximum Gasteiger partial charge on any atom is 0.141 e. The first-order valence-electron chi connectivity index (χ1n) is 6.67. The van der Waals surface area contributed by atoms with Gasteiger partial charge in [-0.15, -0.1) is 0 Å². The summed E-state index contributed by atoms with van der Waals surface area (Å²) in [4.78, 5) is 0. The van der Waals surface area contributed by atoms with Crippen LogP contribution in [-0.4, -0.2) is 0 Å². The summed E-state index contributed by atoms with van der Waals surface area (Å²) in [7, 11) is 0. The molecule has 0 aliphatic rings. The molecule has 2 nitrogen and oxygen atoms in total. The first-order chi connectivity index (χ1) is 10.3. The van der Waals surface area contributed by atoms with Gasteiger partial charge in [-0.2, -0.15) is 5.26 Å². The zero-order valence-electron chi connectivity index (χ0n) is 11.3. The van der Waals surface area contributed by atoms with Crippen molar-refractivity contribution in [2.75, 3.05) is 5.32 Å². The van der Waals surface area contributed by atoms with Gasteiger partial charge in [0, 0.05) is 12.2 Å². The molecule has 0 spiro atoms. The Morgan fingerprint density at radius 2 is 1.76 bits per heavy atom. The number of hydrogen-bond donors (Lipinski definition) is 1. The summed E-state index contributed by atoms with van der Waals surface area (Å²) in [5, 5.41) is 14.4. The van der Waals surface area contributed by atoms with Crippen molar-refractivity contribution in [1.29, 1.82) is 5.26 Å². The maximum absolute atomic E-state index is 13.3. The summed E-state index contributed by atoms with van der Waals surface area (Å²) < 4.78 is 13.3. The number of benzene rings is 3. The van der Waals surface area contributed by atoms with Gasteiger partial charge >= 0.3 is 0 Å². The molecule has 3 rings (SSSR count). The zero-order valence-corrected chi connectivity index (χ0v) is 11.3. The fourth-order valence-electron chi connectivity index (χ4n) is 2.27. The van der Waals surface area contributed by atoms with Crippen molar-refractivity contribution in [2.45, 2.75) is 6.54 Å². The molecule has 0 unspecified atom stereocenters. The normalized spacial score (nSPS) is 10.3. The van der Waals surface area contributed by atoms with Gasteiger partial charge < -0.3 is 5.32 Å². The van der Waals surface area contributed by atoms with Crippen molar-refractivity contribution in [3.63, 3.8) is 0 Å². The molecule has 0 atom stereocenters. The van der Waals surface area contributed by atoms with Crippen molar-refractivity contribution in [3.05, 3.63) is 77.6 Å². The lowest BCUT2D eigenvalue weighted by Gasteiger charge is -2.08. The van der Waals surface area contributed by atoms with Crippen LogP contribution >= 0.6 is 0 Å². The summed E-state index contributed by atoms with van der Waals surface area (Å²) in [6, 6.07) is 20.8. The molecule has 102 valence electrons. The Morgan fingerprint density at radius 3 is 2.57 bits per heavy atom. The van der Waals surface area contributed by atoms with Crippen LogP contribution in [0.1, 0.15) is 11.1 Å². The van der Waals surface area contributed by atoms with Gasteiger partial charge in [0.05, 0.1) is 5.56 Å². The van der Waals surface area contributed by atoms with E-state index in [9.17, 15) is 4.39 Å². The molecule has 3 aromatic carbocycles. The summed E-state index contributed by atoms with van der Waals surface area (Å²) >= 11 is 0. The van der Waals surface area contributed by atoms with E-state index in [1.807, 2.05) is 18.2 Å². The van der Waals surface area contributed by atoms with Gasteiger partial charge in [0.25, 0.3) is 0 Å². The Hall–Kier alpha value is -2.86. The molecule has 1 N–H and O–H groups in total. The van der Waals surface area contributed by atoms with E-state index in [-0.39, 0.29) is 5.56 Å². The predicted octanol–water partition coefficient (Wildman–Crippen LogP) is 4.46. The van der Waals surface area contributed by atoms with E-state index < -0.39 is 5.82 Å². The molecule has 3 heteroatoms. The van der Waals surface area contributed by atoms with Crippen molar-refractivity contribution < 1.29 is 4.39 Å². The van der Waals surface area contributed by atoms with Crippen LogP contribution in [0, 0.1) is 17.1 Å². The smallest absolute Gasteiger partial charge is 0.141 e. The third kappa shape index (κ3) is 2.85. The second-order valence-electron chi connectivity index (χ2n) is 4.84. The third-order valence-corrected chi connectivity index (χ3v) is 3.40. The number of anilines is 1. The minimum atomic E-state index is -0.492. The number of nitriles is 1. The highest BCUT2D eigenvalue weighted by atomic mass is 19.1. The number of fused-ring (bicyclic) bond motifs is 1. The summed E-state index contributed by atoms with van der Waals surface area (Å²) in [6.45, 7) is 0.626. The van der Waals surface area contributed by atoms with Gasteiger partial charge in [0.15, 0.2) is 0 Å². The van der Waals surface area contributed by atoms with Gasteiger partial charge in [-0.05, 0) is 40.6 Å². The molecule has 3 aromatic rings. The molecule has 0 aromatic heterocycles. The fourth-order valence-corrected chi connectivity index (χ4v) is 2.27. The average Bonchev–Trinajstić information content (AvgIpc) is 2.54. The van der Waals surface area contributed by atoms with Crippen LogP contribution in [0.5, 0.6) is 0 Å². The second-order valence-corrected chi connectivity index (χ2v) is 4.84. The Morgan fingerprint density at radius 1 is 0.952 bits per heavy atom. The van der Waals surface area contributed by atoms with Crippen molar-refractivity contribution in [2.24, 2.45) is 0 Å². The van der Waals surface area contributed by atoms with Crippen LogP contribution in [0.2, 0.25) is 0 Å². The predicted molar refractivity (Wildman–Crippen MR) is 82.4 cm³/mol. The number of nitrogens with zero attached hydrogens (tertiary/aromatic N) is 1. The maximum atomic E-state index is 13.3. The van der Waals surface area contributed by atoms with E-state index in [2.05, 4.69) is 35.6 Å². The molecule has 0 radical (unpaired) electrons. The van der Waals surface area contributed by atoms with E-state index >= 15 is 0 Å². The van der Waals surface area contributed by atoms with E-state index in [0.29, 0.717) is 6.54 Å². The number of hydrogen-bond acceptors (Lipinski definition) is 2. The molecular formula is C18H13FN2. The standard InChI is InChI=1S/C18H13FN2/c19-18-8-7-17(10-16(18)11-20)21-12-13-5-6-14-3-1-2-4-15(14)9-13/h1-10,21H,12H2. The van der Waals surface area contributed by atoms with Crippen LogP contribution in [0.4, 0.5) is 10.1 Å². The largest absolute Gasteiger partial charge is 0.381 e. The average molecular weight is 276 g/mol. The fraction of sp³-hybridized carbons (Fsp3) is 0.0556. The van der Waals surface area contributed by atoms with Crippen molar-refractivity contribution in [3.8, 4) is 6.07 Å². The Balaban J connectivity index is 1.78. The Bertz CT molecular complexity index is 834. The lowest BCUT2D eigenvalue weighted by atomic mass is 10.1. The molecular weight excluding hydrogens is 263 g/mol. The molecule has 0 saturated carbocycles. The van der Waals surface area contributed by atoms with Crippen molar-refractivity contribution >= 4 is 16.5 Å². The summed E-state index contributed by atoms with van der Waals surface area (Å²) in [5.74, 6) is -0.492. The first-order valence-corrected chi connectivity index (χ1v) is 6.67. The van der Waals surface area contributed by atoms with Crippen molar-refractivity contribution in [1.82, 2.24) is 0 Å². The summed E-state index contributed by atoms with van der Waals surface area (Å²) in [5.41, 5.74) is 1.93. The van der Waals surface area contributed by atoms with E-state index in [1.165, 1.54) is 22.9 Å². The van der Waals surface area contributed by atoms with Gasteiger partial charge in [0.1, 0.15) is 11.9 Å². The number of halogens is 1. The van der Waals surface area contributed by atoms with Crippen LogP contribution in [0.15, 0.2) is 60.7 Å². The quantitative estimate of drug-likeness (QED) is 0.766. The van der Waals surface area contributed by atoms with Gasteiger partial charge in [0.2, 0.25) is 0 Å². The zero-order chi connectivity index (χ0) is 14.7. The minimum Gasteiger partial charge on any atom is -0.381 e. The van der Waals surface area contributed by atoms with E-state index in [4.69, 9.17) is 5.26 Å². The van der Waals surface area contributed by atoms with Gasteiger partial charge in [-0.3, -0.25) is 0 Å². The van der Waals surface area contributed by atoms with Gasteiger partial charge in [-0.1, -0.05) is 36.4 Å². The van der Waals surface area contributed by atoms with Crippen LogP contribution in [0.25, 0.3) is 10.8 Å². The highest BCUT2D eigenvalue weighted by molar-refractivity contribution is 5.83. The number of rotatable bonds is 3. The molecule has 0 aliphatic carbocycles. The van der Waals surface area contributed by atoms with Crippen LogP contribution < -0.4 is 5.32 Å². The minimum absolute atomic E-state index is 0.0542. The van der Waals surface area contributed by atoms with Crippen LogP contribution in [0.3, 0.4) is 0 Å². The van der Waals surface area contributed by atoms with Gasteiger partial charge in [-0.25, -0.2) is 4.39 Å². The van der Waals surface area contributed by atoms with E-state index in [1.54, 1.807) is 6.07 Å². The molecule has 0 fully saturated rings. The highest BCUT2D eigenvalue weighted by Crippen LogP contribution is 2.18. The lowest BCUT2D eigenvalue weighted by Crippen LogP contribution is -2.00. The molecule has 0 aliphatic heterocycles. The lowest BCUT2D eigenvalue weighted by molar-refractivity contribution is 0.624. The number of nitrogens with one attached hydrogen (secondary N) is 1. The highest BCUT2D eigenvalue weighted by Gasteiger charge is 2.03. The molecule has 0 bridgehead atoms. The Kier molecular flexibility index (Phi) is 3.53.